The highest BCUT2D eigenvalue weighted by atomic mass is 16.3. The Hall–Kier alpha value is -3.13. The first kappa shape index (κ1) is 17.9. The van der Waals surface area contributed by atoms with Crippen molar-refractivity contribution >= 4 is 34.0 Å². The fourth-order valence-electron chi connectivity index (χ4n) is 4.03. The van der Waals surface area contributed by atoms with Crippen molar-refractivity contribution in [3.8, 4) is 0 Å². The van der Waals surface area contributed by atoms with E-state index >= 15 is 0 Å². The van der Waals surface area contributed by atoms with E-state index in [4.69, 9.17) is 0 Å². The minimum absolute atomic E-state index is 0.161. The standard InChI is InChI=1S/C21H25N7O/c1-13-17-11-8-15(12-18(17)25-27(13)2)23-21-24-20-5-3-4-19(28(20)26-21)22-14-6-9-16(29)10-7-14/h3-5,8,11-12,14,16,22,29H,6-7,9-10H2,1-2H3,(H,23,26)/t14-,16+. The van der Waals surface area contributed by atoms with Crippen molar-refractivity contribution in [2.75, 3.05) is 10.6 Å². The van der Waals surface area contributed by atoms with Crippen LogP contribution >= 0.6 is 0 Å². The molecule has 1 saturated carbocycles. The van der Waals surface area contributed by atoms with Gasteiger partial charge in [0, 0.05) is 29.9 Å². The lowest BCUT2D eigenvalue weighted by molar-refractivity contribution is 0.126. The summed E-state index contributed by atoms with van der Waals surface area (Å²) in [6.45, 7) is 2.06. The number of nitrogens with one attached hydrogen (secondary N) is 2. The number of hydrogen-bond acceptors (Lipinski definition) is 6. The van der Waals surface area contributed by atoms with Gasteiger partial charge in [-0.1, -0.05) is 6.07 Å². The van der Waals surface area contributed by atoms with E-state index < -0.39 is 0 Å². The largest absolute Gasteiger partial charge is 0.393 e. The molecule has 3 aromatic heterocycles. The van der Waals surface area contributed by atoms with E-state index in [9.17, 15) is 5.11 Å². The average molecular weight is 391 g/mol. The summed E-state index contributed by atoms with van der Waals surface area (Å²) in [5, 5.41) is 26.9. The van der Waals surface area contributed by atoms with Crippen molar-refractivity contribution in [3.05, 3.63) is 42.1 Å². The summed E-state index contributed by atoms with van der Waals surface area (Å²) in [4.78, 5) is 4.61. The molecule has 0 aliphatic heterocycles. The van der Waals surface area contributed by atoms with Crippen LogP contribution in [0, 0.1) is 6.92 Å². The van der Waals surface area contributed by atoms with Gasteiger partial charge in [-0.3, -0.25) is 4.68 Å². The van der Waals surface area contributed by atoms with E-state index in [1.807, 2.05) is 46.6 Å². The molecule has 0 saturated heterocycles. The Balaban J connectivity index is 1.40. The predicted octanol–water partition coefficient (Wildman–Crippen LogP) is 3.38. The quantitative estimate of drug-likeness (QED) is 0.494. The zero-order valence-corrected chi connectivity index (χ0v) is 16.6. The Labute approximate surface area is 168 Å². The van der Waals surface area contributed by atoms with E-state index in [2.05, 4.69) is 38.8 Å². The SMILES string of the molecule is Cc1c2ccc(Nc3nc4cccc(N[C@H]5CC[C@@H](O)CC5)n4n3)cc2nn1C. The number of hydrogen-bond donors (Lipinski definition) is 3. The van der Waals surface area contributed by atoms with Crippen LogP contribution in [0.1, 0.15) is 31.4 Å². The second kappa shape index (κ2) is 7.04. The number of anilines is 3. The van der Waals surface area contributed by atoms with Crippen LogP contribution in [0.2, 0.25) is 0 Å². The molecular weight excluding hydrogens is 366 g/mol. The van der Waals surface area contributed by atoms with Crippen LogP contribution in [0.3, 0.4) is 0 Å². The van der Waals surface area contributed by atoms with Crippen molar-refractivity contribution in [3.63, 3.8) is 0 Å². The molecule has 0 atom stereocenters. The highest BCUT2D eigenvalue weighted by Crippen LogP contribution is 2.25. The topological polar surface area (TPSA) is 92.3 Å². The molecule has 0 bridgehead atoms. The molecule has 1 aromatic carbocycles. The summed E-state index contributed by atoms with van der Waals surface area (Å²) in [6.07, 6.45) is 3.44. The van der Waals surface area contributed by atoms with Gasteiger partial charge >= 0.3 is 0 Å². The molecule has 3 heterocycles. The number of fused-ring (bicyclic) bond motifs is 2. The third-order valence-electron chi connectivity index (χ3n) is 5.80. The lowest BCUT2D eigenvalue weighted by Gasteiger charge is -2.26. The Kier molecular flexibility index (Phi) is 4.35. The molecular formula is C21H25N7O. The van der Waals surface area contributed by atoms with E-state index in [1.54, 1.807) is 0 Å². The van der Waals surface area contributed by atoms with Crippen LogP contribution < -0.4 is 10.6 Å². The molecule has 3 N–H and O–H groups in total. The third kappa shape index (κ3) is 3.40. The second-order valence-electron chi connectivity index (χ2n) is 7.83. The molecule has 8 nitrogen and oxygen atoms in total. The lowest BCUT2D eigenvalue weighted by atomic mass is 9.93. The maximum Gasteiger partial charge on any atom is 0.247 e. The number of aryl methyl sites for hydroxylation is 2. The van der Waals surface area contributed by atoms with Gasteiger partial charge in [0.25, 0.3) is 0 Å². The van der Waals surface area contributed by atoms with Crippen LogP contribution in [-0.4, -0.2) is 41.6 Å². The average Bonchev–Trinajstić information content (AvgIpc) is 3.24. The number of pyridine rings is 1. The molecule has 1 aliphatic carbocycles. The van der Waals surface area contributed by atoms with Crippen LogP contribution in [0.25, 0.3) is 16.6 Å². The van der Waals surface area contributed by atoms with Gasteiger partial charge in [-0.05, 0) is 62.9 Å². The van der Waals surface area contributed by atoms with Crippen molar-refractivity contribution < 1.29 is 5.11 Å². The smallest absolute Gasteiger partial charge is 0.247 e. The monoisotopic (exact) mass is 391 g/mol. The van der Waals surface area contributed by atoms with Crippen molar-refractivity contribution in [2.45, 2.75) is 44.8 Å². The number of rotatable bonds is 4. The fraction of sp³-hybridized carbons (Fsp3) is 0.381. The van der Waals surface area contributed by atoms with Crippen molar-refractivity contribution in [1.82, 2.24) is 24.4 Å². The first-order valence-corrected chi connectivity index (χ1v) is 10.1. The summed E-state index contributed by atoms with van der Waals surface area (Å²) in [5.41, 5.74) is 3.77. The highest BCUT2D eigenvalue weighted by molar-refractivity contribution is 5.85. The van der Waals surface area contributed by atoms with Gasteiger partial charge in [-0.15, -0.1) is 5.10 Å². The molecule has 0 unspecified atom stereocenters. The molecule has 0 radical (unpaired) electrons. The normalized spacial score (nSPS) is 19.7. The van der Waals surface area contributed by atoms with Gasteiger partial charge in [-0.25, -0.2) is 0 Å². The van der Waals surface area contributed by atoms with Crippen LogP contribution in [0.4, 0.5) is 17.5 Å². The molecule has 1 aliphatic rings. The lowest BCUT2D eigenvalue weighted by Crippen LogP contribution is -2.29. The first-order valence-electron chi connectivity index (χ1n) is 10.1. The summed E-state index contributed by atoms with van der Waals surface area (Å²) in [6, 6.07) is 12.4. The van der Waals surface area contributed by atoms with E-state index in [1.165, 1.54) is 0 Å². The number of aromatic nitrogens is 5. The molecule has 29 heavy (non-hydrogen) atoms. The Morgan fingerprint density at radius 3 is 2.72 bits per heavy atom. The third-order valence-corrected chi connectivity index (χ3v) is 5.80. The van der Waals surface area contributed by atoms with Gasteiger partial charge in [0.2, 0.25) is 5.95 Å². The number of nitrogens with zero attached hydrogens (tertiary/aromatic N) is 5. The molecule has 0 amide bonds. The van der Waals surface area contributed by atoms with Gasteiger partial charge in [0.1, 0.15) is 5.82 Å². The van der Waals surface area contributed by atoms with Gasteiger partial charge in [0.05, 0.1) is 11.6 Å². The number of aliphatic hydroxyl groups is 1. The van der Waals surface area contributed by atoms with Crippen LogP contribution in [0.15, 0.2) is 36.4 Å². The predicted molar refractivity (Wildman–Crippen MR) is 114 cm³/mol. The second-order valence-corrected chi connectivity index (χ2v) is 7.83. The Morgan fingerprint density at radius 2 is 1.90 bits per heavy atom. The Morgan fingerprint density at radius 1 is 1.07 bits per heavy atom. The maximum atomic E-state index is 9.72. The van der Waals surface area contributed by atoms with E-state index in [-0.39, 0.29) is 6.10 Å². The summed E-state index contributed by atoms with van der Waals surface area (Å²) in [5.74, 6) is 1.46. The summed E-state index contributed by atoms with van der Waals surface area (Å²) in [7, 11) is 1.95. The Bertz CT molecular complexity index is 1170. The van der Waals surface area contributed by atoms with E-state index in [0.717, 1.165) is 59.4 Å². The van der Waals surface area contributed by atoms with Gasteiger partial charge < -0.3 is 15.7 Å². The highest BCUT2D eigenvalue weighted by Gasteiger charge is 2.20. The molecule has 150 valence electrons. The minimum Gasteiger partial charge on any atom is -0.393 e. The molecule has 1 fully saturated rings. The molecule has 8 heteroatoms. The van der Waals surface area contributed by atoms with Gasteiger partial charge in [-0.2, -0.15) is 14.6 Å². The molecule has 0 spiro atoms. The summed E-state index contributed by atoms with van der Waals surface area (Å²) < 4.78 is 3.72. The van der Waals surface area contributed by atoms with Gasteiger partial charge in [0.15, 0.2) is 5.65 Å². The van der Waals surface area contributed by atoms with Crippen molar-refractivity contribution in [1.29, 1.82) is 0 Å². The van der Waals surface area contributed by atoms with Crippen LogP contribution in [-0.2, 0) is 7.05 Å². The maximum absolute atomic E-state index is 9.72. The van der Waals surface area contributed by atoms with Crippen LogP contribution in [0.5, 0.6) is 0 Å². The molecule has 5 rings (SSSR count). The minimum atomic E-state index is -0.161. The first-order chi connectivity index (χ1) is 14.1. The number of aliphatic hydroxyl groups excluding tert-OH is 1. The fourth-order valence-corrected chi connectivity index (χ4v) is 4.03. The van der Waals surface area contributed by atoms with E-state index in [0.29, 0.717) is 12.0 Å². The number of benzene rings is 1. The zero-order chi connectivity index (χ0) is 20.0. The summed E-state index contributed by atoms with van der Waals surface area (Å²) >= 11 is 0. The molecule has 4 aromatic rings. The zero-order valence-electron chi connectivity index (χ0n) is 16.6. The van der Waals surface area contributed by atoms with Crippen molar-refractivity contribution in [2.24, 2.45) is 7.05 Å².